The molecule has 0 fully saturated rings. The monoisotopic (exact) mass is 230 g/mol. The highest BCUT2D eigenvalue weighted by molar-refractivity contribution is 5.82. The van der Waals surface area contributed by atoms with Gasteiger partial charge in [0.05, 0.1) is 12.1 Å². The lowest BCUT2D eigenvalue weighted by molar-refractivity contribution is -0.123. The lowest BCUT2D eigenvalue weighted by Gasteiger charge is -2.16. The van der Waals surface area contributed by atoms with E-state index in [0.29, 0.717) is 12.5 Å². The number of rotatable bonds is 7. The van der Waals surface area contributed by atoms with Crippen molar-refractivity contribution in [2.24, 2.45) is 17.4 Å². The van der Waals surface area contributed by atoms with Crippen molar-refractivity contribution < 1.29 is 9.59 Å². The fourth-order valence-corrected chi connectivity index (χ4v) is 0.955. The molecule has 0 aromatic heterocycles. The zero-order chi connectivity index (χ0) is 12.7. The number of hydrogen-bond acceptors (Lipinski definition) is 4. The molecule has 0 aliphatic rings. The van der Waals surface area contributed by atoms with E-state index in [1.54, 1.807) is 6.92 Å². The second kappa shape index (κ2) is 7.19. The van der Waals surface area contributed by atoms with Crippen LogP contribution in [-0.4, -0.2) is 37.0 Å². The predicted molar refractivity (Wildman–Crippen MR) is 62.5 cm³/mol. The minimum absolute atomic E-state index is 0.106. The number of nitrogens with one attached hydrogen (secondary N) is 2. The van der Waals surface area contributed by atoms with E-state index in [0.717, 1.165) is 0 Å². The Hall–Kier alpha value is -1.14. The fourth-order valence-electron chi connectivity index (χ4n) is 0.955. The summed E-state index contributed by atoms with van der Waals surface area (Å²) in [5, 5.41) is 5.63. The van der Waals surface area contributed by atoms with Crippen molar-refractivity contribution in [3.8, 4) is 0 Å². The molecule has 0 aliphatic carbocycles. The van der Waals surface area contributed by atoms with E-state index in [4.69, 9.17) is 11.5 Å². The Morgan fingerprint density at radius 1 is 1.19 bits per heavy atom. The lowest BCUT2D eigenvalue weighted by atomic mass is 10.2. The fraction of sp³-hybridized carbons (Fsp3) is 0.800. The maximum atomic E-state index is 11.5. The number of primary amides is 1. The zero-order valence-electron chi connectivity index (χ0n) is 10.1. The Kier molecular flexibility index (Phi) is 6.67. The summed E-state index contributed by atoms with van der Waals surface area (Å²) in [6, 6.07) is -1.15. The third kappa shape index (κ3) is 6.36. The van der Waals surface area contributed by atoms with Crippen LogP contribution < -0.4 is 22.1 Å². The van der Waals surface area contributed by atoms with E-state index in [2.05, 4.69) is 10.6 Å². The summed E-state index contributed by atoms with van der Waals surface area (Å²) in [6.45, 7) is 6.57. The van der Waals surface area contributed by atoms with Crippen LogP contribution in [0.5, 0.6) is 0 Å². The molecular weight excluding hydrogens is 208 g/mol. The second-order valence-corrected chi connectivity index (χ2v) is 4.28. The largest absolute Gasteiger partial charge is 0.368 e. The first kappa shape index (κ1) is 14.9. The van der Waals surface area contributed by atoms with Crippen molar-refractivity contribution in [3.05, 3.63) is 0 Å². The van der Waals surface area contributed by atoms with Gasteiger partial charge in [0.2, 0.25) is 11.8 Å². The van der Waals surface area contributed by atoms with Crippen LogP contribution in [0.4, 0.5) is 0 Å². The first-order chi connectivity index (χ1) is 7.34. The summed E-state index contributed by atoms with van der Waals surface area (Å²) in [5.41, 5.74) is 10.4. The van der Waals surface area contributed by atoms with Gasteiger partial charge in [-0.05, 0) is 12.8 Å². The molecule has 0 saturated heterocycles. The molecule has 6 N–H and O–H groups in total. The van der Waals surface area contributed by atoms with E-state index in [-0.39, 0.29) is 18.5 Å². The molecule has 2 atom stereocenters. The van der Waals surface area contributed by atoms with Gasteiger partial charge in [0.1, 0.15) is 0 Å². The standard InChI is InChI=1S/C10H22N4O2/c1-6(2)4-14-10(16)7(3)13-5-8(11)9(12)15/h6-8,13H,4-5,11H2,1-3H3,(H2,12,15)(H,14,16). The molecule has 0 spiro atoms. The Bertz CT molecular complexity index is 243. The molecular formula is C10H22N4O2. The topological polar surface area (TPSA) is 110 Å². The smallest absolute Gasteiger partial charge is 0.236 e. The van der Waals surface area contributed by atoms with Crippen LogP contribution in [0.25, 0.3) is 0 Å². The van der Waals surface area contributed by atoms with Gasteiger partial charge in [0.25, 0.3) is 0 Å². The predicted octanol–water partition coefficient (Wildman–Crippen LogP) is -1.45. The number of hydrogen-bond donors (Lipinski definition) is 4. The summed E-state index contributed by atoms with van der Waals surface area (Å²) >= 11 is 0. The molecule has 0 radical (unpaired) electrons. The summed E-state index contributed by atoms with van der Waals surface area (Å²) in [4.78, 5) is 22.2. The van der Waals surface area contributed by atoms with Gasteiger partial charge in [0, 0.05) is 13.1 Å². The van der Waals surface area contributed by atoms with Gasteiger partial charge in [-0.3, -0.25) is 9.59 Å². The molecule has 6 heteroatoms. The van der Waals surface area contributed by atoms with Crippen LogP contribution in [0.3, 0.4) is 0 Å². The summed E-state index contributed by atoms with van der Waals surface area (Å²) in [7, 11) is 0. The molecule has 0 rings (SSSR count). The van der Waals surface area contributed by atoms with Crippen LogP contribution >= 0.6 is 0 Å². The number of amides is 2. The maximum absolute atomic E-state index is 11.5. The van der Waals surface area contributed by atoms with Crippen molar-refractivity contribution in [1.29, 1.82) is 0 Å². The van der Waals surface area contributed by atoms with E-state index < -0.39 is 11.9 Å². The Morgan fingerprint density at radius 2 is 1.75 bits per heavy atom. The van der Waals surface area contributed by atoms with Crippen molar-refractivity contribution in [2.45, 2.75) is 32.9 Å². The highest BCUT2D eigenvalue weighted by atomic mass is 16.2. The van der Waals surface area contributed by atoms with Crippen LogP contribution in [0.2, 0.25) is 0 Å². The highest BCUT2D eigenvalue weighted by Crippen LogP contribution is 1.89. The molecule has 0 aliphatic heterocycles. The summed E-state index contributed by atoms with van der Waals surface area (Å²) < 4.78 is 0. The van der Waals surface area contributed by atoms with Gasteiger partial charge in [-0.25, -0.2) is 0 Å². The van der Waals surface area contributed by atoms with Gasteiger partial charge in [-0.2, -0.15) is 0 Å². The third-order valence-corrected chi connectivity index (χ3v) is 2.09. The molecule has 94 valence electrons. The second-order valence-electron chi connectivity index (χ2n) is 4.28. The van der Waals surface area contributed by atoms with Crippen molar-refractivity contribution >= 4 is 11.8 Å². The van der Waals surface area contributed by atoms with Crippen molar-refractivity contribution in [3.63, 3.8) is 0 Å². The lowest BCUT2D eigenvalue weighted by Crippen LogP contribution is -2.50. The SMILES string of the molecule is CC(C)CNC(=O)C(C)NCC(N)C(N)=O. The van der Waals surface area contributed by atoms with E-state index in [1.165, 1.54) is 0 Å². The van der Waals surface area contributed by atoms with Crippen LogP contribution in [0.1, 0.15) is 20.8 Å². The van der Waals surface area contributed by atoms with Gasteiger partial charge >= 0.3 is 0 Å². The average molecular weight is 230 g/mol. The Labute approximate surface area is 96.1 Å². The summed E-state index contributed by atoms with van der Waals surface area (Å²) in [5.74, 6) is -0.281. The quantitative estimate of drug-likeness (QED) is 0.429. The molecule has 6 nitrogen and oxygen atoms in total. The minimum Gasteiger partial charge on any atom is -0.368 e. The number of carbonyl (C=O) groups is 2. The minimum atomic E-state index is -0.764. The summed E-state index contributed by atoms with van der Waals surface area (Å²) in [6.07, 6.45) is 0. The Morgan fingerprint density at radius 3 is 2.19 bits per heavy atom. The zero-order valence-corrected chi connectivity index (χ0v) is 10.1. The van der Waals surface area contributed by atoms with Gasteiger partial charge in [-0.15, -0.1) is 0 Å². The van der Waals surface area contributed by atoms with Crippen LogP contribution in [0.15, 0.2) is 0 Å². The molecule has 2 amide bonds. The normalized spacial score (nSPS) is 14.6. The maximum Gasteiger partial charge on any atom is 0.236 e. The average Bonchev–Trinajstić information content (AvgIpc) is 2.21. The van der Waals surface area contributed by atoms with E-state index >= 15 is 0 Å². The van der Waals surface area contributed by atoms with Gasteiger partial charge in [-0.1, -0.05) is 13.8 Å². The molecule has 0 heterocycles. The number of nitrogens with two attached hydrogens (primary N) is 2. The highest BCUT2D eigenvalue weighted by Gasteiger charge is 2.15. The van der Waals surface area contributed by atoms with E-state index in [9.17, 15) is 9.59 Å². The van der Waals surface area contributed by atoms with Crippen LogP contribution in [0, 0.1) is 5.92 Å². The third-order valence-electron chi connectivity index (χ3n) is 2.09. The molecule has 0 bridgehead atoms. The molecule has 16 heavy (non-hydrogen) atoms. The number of carbonyl (C=O) groups excluding carboxylic acids is 2. The molecule has 2 unspecified atom stereocenters. The molecule has 0 aromatic carbocycles. The molecule has 0 saturated carbocycles. The van der Waals surface area contributed by atoms with Gasteiger partial charge < -0.3 is 22.1 Å². The Balaban J connectivity index is 3.83. The van der Waals surface area contributed by atoms with Crippen molar-refractivity contribution in [2.75, 3.05) is 13.1 Å². The van der Waals surface area contributed by atoms with Crippen molar-refractivity contribution in [1.82, 2.24) is 10.6 Å². The first-order valence-corrected chi connectivity index (χ1v) is 5.40. The van der Waals surface area contributed by atoms with Gasteiger partial charge in [0.15, 0.2) is 0 Å². The molecule has 0 aromatic rings. The van der Waals surface area contributed by atoms with Crippen LogP contribution in [-0.2, 0) is 9.59 Å². The van der Waals surface area contributed by atoms with E-state index in [1.807, 2.05) is 13.8 Å². The first-order valence-electron chi connectivity index (χ1n) is 5.40.